The lowest BCUT2D eigenvalue weighted by molar-refractivity contribution is -0.116. The van der Waals surface area contributed by atoms with Gasteiger partial charge in [-0.05, 0) is 37.5 Å². The summed E-state index contributed by atoms with van der Waals surface area (Å²) in [6.07, 6.45) is 3.55. The van der Waals surface area contributed by atoms with Crippen LogP contribution in [0.3, 0.4) is 0 Å². The minimum atomic E-state index is -0.275. The zero-order chi connectivity index (χ0) is 23.7. The molecule has 0 spiro atoms. The number of nitrogens with zero attached hydrogens (tertiary/aromatic N) is 2. The fraction of sp³-hybridized carbons (Fsp3) is 0.231. The summed E-state index contributed by atoms with van der Waals surface area (Å²) in [5.41, 5.74) is 3.70. The summed E-state index contributed by atoms with van der Waals surface area (Å²) in [7, 11) is 0. The number of anilines is 1. The van der Waals surface area contributed by atoms with E-state index in [1.54, 1.807) is 24.3 Å². The van der Waals surface area contributed by atoms with Crippen LogP contribution in [-0.2, 0) is 11.3 Å². The van der Waals surface area contributed by atoms with E-state index in [0.29, 0.717) is 21.5 Å². The zero-order valence-electron chi connectivity index (χ0n) is 18.7. The molecular weight excluding hydrogens is 448 g/mol. The highest BCUT2D eigenvalue weighted by Gasteiger charge is 2.25. The number of carbonyl (C=O) groups excluding carboxylic acids is 2. The molecule has 7 nitrogen and oxygen atoms in total. The van der Waals surface area contributed by atoms with Crippen LogP contribution in [0.5, 0.6) is 0 Å². The van der Waals surface area contributed by atoms with Gasteiger partial charge in [0.05, 0.1) is 23.0 Å². The molecule has 0 saturated heterocycles. The fourth-order valence-electron chi connectivity index (χ4n) is 3.79. The first kappa shape index (κ1) is 22.0. The molecule has 0 bridgehead atoms. The summed E-state index contributed by atoms with van der Waals surface area (Å²) in [4.78, 5) is 43.5. The van der Waals surface area contributed by atoms with Crippen molar-refractivity contribution in [2.24, 2.45) is 0 Å². The van der Waals surface area contributed by atoms with Crippen LogP contribution in [0.1, 0.15) is 35.2 Å². The number of fused-ring (bicyclic) bond motifs is 1. The third kappa shape index (κ3) is 4.63. The summed E-state index contributed by atoms with van der Waals surface area (Å²) in [6.45, 7) is 2.21. The number of amides is 2. The molecule has 2 amide bonds. The molecule has 34 heavy (non-hydrogen) atoms. The molecule has 1 saturated carbocycles. The molecule has 5 rings (SSSR count). The number of thiophene rings is 1. The Morgan fingerprint density at radius 2 is 1.88 bits per heavy atom. The fourth-order valence-corrected chi connectivity index (χ4v) is 4.69. The van der Waals surface area contributed by atoms with Crippen LogP contribution in [0, 0.1) is 6.92 Å². The Morgan fingerprint density at radius 1 is 1.12 bits per heavy atom. The van der Waals surface area contributed by atoms with Crippen LogP contribution in [0.15, 0.2) is 65.0 Å². The van der Waals surface area contributed by atoms with Crippen molar-refractivity contribution in [3.63, 3.8) is 0 Å². The van der Waals surface area contributed by atoms with Crippen LogP contribution in [0.25, 0.3) is 21.3 Å². The average molecular weight is 473 g/mol. The third-order valence-corrected chi connectivity index (χ3v) is 6.75. The van der Waals surface area contributed by atoms with Gasteiger partial charge in [0.2, 0.25) is 5.91 Å². The average Bonchev–Trinajstić information content (AvgIpc) is 3.54. The Bertz CT molecular complexity index is 1430. The number of aryl methyl sites for hydroxylation is 2. The van der Waals surface area contributed by atoms with Crippen molar-refractivity contribution in [2.45, 2.75) is 38.8 Å². The maximum absolute atomic E-state index is 13.2. The van der Waals surface area contributed by atoms with Crippen LogP contribution in [0.4, 0.5) is 5.69 Å². The van der Waals surface area contributed by atoms with Gasteiger partial charge in [-0.1, -0.05) is 42.0 Å². The second kappa shape index (κ2) is 9.23. The number of benzene rings is 2. The van der Waals surface area contributed by atoms with Crippen LogP contribution in [0.2, 0.25) is 0 Å². The normalized spacial score (nSPS) is 13.1. The minimum absolute atomic E-state index is 0.0790. The molecule has 172 valence electrons. The predicted molar refractivity (Wildman–Crippen MR) is 134 cm³/mol. The molecule has 2 N–H and O–H groups in total. The molecule has 0 atom stereocenters. The second-order valence-electron chi connectivity index (χ2n) is 8.53. The van der Waals surface area contributed by atoms with Crippen molar-refractivity contribution in [1.29, 1.82) is 0 Å². The van der Waals surface area contributed by atoms with Gasteiger partial charge >= 0.3 is 0 Å². The molecular formula is C26H24N4O3S. The van der Waals surface area contributed by atoms with Gasteiger partial charge in [-0.3, -0.25) is 19.0 Å². The summed E-state index contributed by atoms with van der Waals surface area (Å²) in [6, 6.07) is 15.2. The standard InChI is InChI=1S/C26H24N4O3S/c1-16-6-8-17(9-7-16)20-14-34-25-23(20)26(33)30(15-27-25)13-12-22(31)29-21-5-3-2-4-19(21)24(32)28-18-10-11-18/h2-9,14-15,18H,10-13H2,1H3,(H,28,32)(H,29,31). The number of aromatic nitrogens is 2. The van der Waals surface area contributed by atoms with Gasteiger partial charge in [-0.25, -0.2) is 4.98 Å². The first-order valence-electron chi connectivity index (χ1n) is 11.2. The largest absolute Gasteiger partial charge is 0.349 e. The van der Waals surface area contributed by atoms with E-state index in [9.17, 15) is 14.4 Å². The van der Waals surface area contributed by atoms with E-state index in [-0.39, 0.29) is 36.4 Å². The maximum atomic E-state index is 13.2. The summed E-state index contributed by atoms with van der Waals surface area (Å²) >= 11 is 1.43. The molecule has 0 unspecified atom stereocenters. The molecule has 2 aromatic heterocycles. The summed E-state index contributed by atoms with van der Waals surface area (Å²) < 4.78 is 1.47. The van der Waals surface area contributed by atoms with Crippen molar-refractivity contribution in [3.05, 3.63) is 81.7 Å². The van der Waals surface area contributed by atoms with Crippen molar-refractivity contribution in [1.82, 2.24) is 14.9 Å². The van der Waals surface area contributed by atoms with E-state index >= 15 is 0 Å². The first-order chi connectivity index (χ1) is 16.5. The smallest absolute Gasteiger partial charge is 0.262 e. The lowest BCUT2D eigenvalue weighted by Crippen LogP contribution is -2.27. The third-order valence-electron chi connectivity index (χ3n) is 5.86. The van der Waals surface area contributed by atoms with Gasteiger partial charge in [-0.15, -0.1) is 11.3 Å². The Labute approximate surface area is 200 Å². The highest BCUT2D eigenvalue weighted by Crippen LogP contribution is 2.30. The highest BCUT2D eigenvalue weighted by molar-refractivity contribution is 7.17. The molecule has 1 aliphatic rings. The molecule has 8 heteroatoms. The van der Waals surface area contributed by atoms with E-state index in [0.717, 1.165) is 29.5 Å². The van der Waals surface area contributed by atoms with E-state index in [4.69, 9.17) is 0 Å². The van der Waals surface area contributed by atoms with Crippen molar-refractivity contribution >= 4 is 39.1 Å². The zero-order valence-corrected chi connectivity index (χ0v) is 19.5. The lowest BCUT2D eigenvalue weighted by atomic mass is 10.1. The van der Waals surface area contributed by atoms with Gasteiger partial charge in [0.25, 0.3) is 11.5 Å². The van der Waals surface area contributed by atoms with Gasteiger partial charge in [0.15, 0.2) is 0 Å². The maximum Gasteiger partial charge on any atom is 0.262 e. The molecule has 4 aromatic rings. The van der Waals surface area contributed by atoms with E-state index in [1.165, 1.54) is 22.2 Å². The van der Waals surface area contributed by atoms with Crippen LogP contribution in [-0.4, -0.2) is 27.4 Å². The van der Waals surface area contributed by atoms with Crippen LogP contribution < -0.4 is 16.2 Å². The van der Waals surface area contributed by atoms with Gasteiger partial charge in [0.1, 0.15) is 4.83 Å². The first-order valence-corrected chi connectivity index (χ1v) is 12.1. The topological polar surface area (TPSA) is 93.1 Å². The molecule has 0 aliphatic heterocycles. The van der Waals surface area contributed by atoms with Gasteiger partial charge < -0.3 is 10.6 Å². The number of hydrogen-bond donors (Lipinski definition) is 2. The van der Waals surface area contributed by atoms with Crippen molar-refractivity contribution in [2.75, 3.05) is 5.32 Å². The van der Waals surface area contributed by atoms with Crippen molar-refractivity contribution in [3.8, 4) is 11.1 Å². The SMILES string of the molecule is Cc1ccc(-c2csc3ncn(CCC(=O)Nc4ccccc4C(=O)NC4CC4)c(=O)c23)cc1. The predicted octanol–water partition coefficient (Wildman–Crippen LogP) is 4.35. The number of carbonyl (C=O) groups is 2. The van der Waals surface area contributed by atoms with E-state index < -0.39 is 0 Å². The van der Waals surface area contributed by atoms with Crippen molar-refractivity contribution < 1.29 is 9.59 Å². The lowest BCUT2D eigenvalue weighted by Gasteiger charge is -2.11. The quantitative estimate of drug-likeness (QED) is 0.418. The Kier molecular flexibility index (Phi) is 5.98. The highest BCUT2D eigenvalue weighted by atomic mass is 32.1. The molecule has 0 radical (unpaired) electrons. The van der Waals surface area contributed by atoms with E-state index in [1.807, 2.05) is 36.6 Å². The minimum Gasteiger partial charge on any atom is -0.349 e. The number of hydrogen-bond acceptors (Lipinski definition) is 5. The second-order valence-corrected chi connectivity index (χ2v) is 9.39. The summed E-state index contributed by atoms with van der Waals surface area (Å²) in [5, 5.41) is 8.28. The molecule has 2 aromatic carbocycles. The molecule has 1 fully saturated rings. The Hall–Kier alpha value is -3.78. The number of para-hydroxylation sites is 1. The molecule has 1 aliphatic carbocycles. The monoisotopic (exact) mass is 472 g/mol. The Balaban J connectivity index is 1.32. The van der Waals surface area contributed by atoms with Gasteiger partial charge in [0, 0.05) is 30.0 Å². The summed E-state index contributed by atoms with van der Waals surface area (Å²) in [5.74, 6) is -0.465. The number of nitrogens with one attached hydrogen (secondary N) is 2. The van der Waals surface area contributed by atoms with E-state index in [2.05, 4.69) is 15.6 Å². The molecule has 2 heterocycles. The number of rotatable bonds is 7. The Morgan fingerprint density at radius 3 is 2.65 bits per heavy atom. The van der Waals surface area contributed by atoms with Crippen LogP contribution >= 0.6 is 11.3 Å². The van der Waals surface area contributed by atoms with Gasteiger partial charge in [-0.2, -0.15) is 0 Å².